The van der Waals surface area contributed by atoms with Gasteiger partial charge in [0.1, 0.15) is 11.6 Å². The van der Waals surface area contributed by atoms with Crippen molar-refractivity contribution in [2.75, 3.05) is 19.7 Å². The van der Waals surface area contributed by atoms with Crippen LogP contribution >= 0.6 is 15.9 Å². The first-order valence-electron chi connectivity index (χ1n) is 9.92. The van der Waals surface area contributed by atoms with Crippen LogP contribution in [-0.2, 0) is 11.3 Å². The van der Waals surface area contributed by atoms with Gasteiger partial charge in [-0.25, -0.2) is 4.39 Å². The van der Waals surface area contributed by atoms with Crippen molar-refractivity contribution in [1.82, 2.24) is 9.80 Å². The molecule has 0 radical (unpaired) electrons. The van der Waals surface area contributed by atoms with Crippen LogP contribution in [0.25, 0.3) is 0 Å². The summed E-state index contributed by atoms with van der Waals surface area (Å²) in [6, 6.07) is 10.8. The Hall–Kier alpha value is -1.92. The number of hydrogen-bond donors (Lipinski definition) is 0. The Bertz CT molecular complexity index is 849. The van der Waals surface area contributed by atoms with Crippen molar-refractivity contribution < 1.29 is 13.9 Å². The molecule has 2 aromatic rings. The summed E-state index contributed by atoms with van der Waals surface area (Å²) in [5.74, 6) is 0.498. The topological polar surface area (TPSA) is 32.8 Å². The molecule has 0 spiro atoms. The second kappa shape index (κ2) is 9.26. The Balaban J connectivity index is 1.57. The number of ether oxygens (including phenoxy) is 1. The van der Waals surface area contributed by atoms with Crippen LogP contribution in [0.15, 0.2) is 40.9 Å². The lowest BCUT2D eigenvalue weighted by molar-refractivity contribution is -0.139. The fraction of sp³-hybridized carbons (Fsp3) is 0.435. The molecule has 1 heterocycles. The van der Waals surface area contributed by atoms with E-state index in [1.807, 2.05) is 43.0 Å². The molecule has 3 rings (SSSR count). The van der Waals surface area contributed by atoms with Gasteiger partial charge in [0.15, 0.2) is 6.61 Å². The van der Waals surface area contributed by atoms with Gasteiger partial charge < -0.3 is 9.64 Å². The molecule has 1 saturated heterocycles. The van der Waals surface area contributed by atoms with Crippen molar-refractivity contribution in [2.45, 2.75) is 46.3 Å². The molecular weight excluding hydrogens is 435 g/mol. The van der Waals surface area contributed by atoms with Crippen LogP contribution in [-0.4, -0.2) is 47.5 Å². The number of hydrogen-bond acceptors (Lipinski definition) is 3. The highest BCUT2D eigenvalue weighted by atomic mass is 79.9. The van der Waals surface area contributed by atoms with E-state index in [1.165, 1.54) is 12.1 Å². The molecule has 1 amide bonds. The van der Waals surface area contributed by atoms with Crippen LogP contribution in [0.5, 0.6) is 5.75 Å². The summed E-state index contributed by atoms with van der Waals surface area (Å²) in [5.41, 5.74) is 3.25. The van der Waals surface area contributed by atoms with E-state index in [0.717, 1.165) is 34.3 Å². The number of carbonyl (C=O) groups excluding carboxylic acids is 1. The van der Waals surface area contributed by atoms with Gasteiger partial charge in [0.05, 0.1) is 0 Å². The second-order valence-corrected chi connectivity index (χ2v) is 8.75. The smallest absolute Gasteiger partial charge is 0.260 e. The first-order valence-corrected chi connectivity index (χ1v) is 10.7. The zero-order valence-electron chi connectivity index (χ0n) is 17.4. The van der Waals surface area contributed by atoms with Crippen LogP contribution in [0.2, 0.25) is 0 Å². The quantitative estimate of drug-likeness (QED) is 0.644. The number of benzene rings is 2. The average Bonchev–Trinajstić information content (AvgIpc) is 2.68. The van der Waals surface area contributed by atoms with Gasteiger partial charge in [0.2, 0.25) is 0 Å². The van der Waals surface area contributed by atoms with Crippen molar-refractivity contribution in [3.8, 4) is 5.75 Å². The van der Waals surface area contributed by atoms with Gasteiger partial charge >= 0.3 is 0 Å². The number of rotatable bonds is 5. The van der Waals surface area contributed by atoms with Crippen LogP contribution in [0, 0.1) is 19.7 Å². The molecule has 156 valence electrons. The highest BCUT2D eigenvalue weighted by Crippen LogP contribution is 2.26. The van der Waals surface area contributed by atoms with Gasteiger partial charge in [-0.2, -0.15) is 0 Å². The van der Waals surface area contributed by atoms with Gasteiger partial charge in [0, 0.05) is 36.2 Å². The van der Waals surface area contributed by atoms with E-state index in [9.17, 15) is 9.18 Å². The molecular formula is C23H28BrFN2O2. The third kappa shape index (κ3) is 5.37. The summed E-state index contributed by atoms with van der Waals surface area (Å²) in [4.78, 5) is 17.0. The highest BCUT2D eigenvalue weighted by molar-refractivity contribution is 9.10. The molecule has 0 aromatic heterocycles. The van der Waals surface area contributed by atoms with Crippen molar-refractivity contribution in [3.63, 3.8) is 0 Å². The van der Waals surface area contributed by atoms with E-state index in [4.69, 9.17) is 4.74 Å². The lowest BCUT2D eigenvalue weighted by atomic mass is 10.1. The molecule has 1 aliphatic rings. The minimum absolute atomic E-state index is 0.00371. The third-order valence-electron chi connectivity index (χ3n) is 5.51. The Morgan fingerprint density at radius 1 is 1.10 bits per heavy atom. The maximum atomic E-state index is 13.1. The van der Waals surface area contributed by atoms with Gasteiger partial charge in [-0.1, -0.05) is 28.1 Å². The van der Waals surface area contributed by atoms with Crippen molar-refractivity contribution in [2.24, 2.45) is 0 Å². The molecule has 1 aliphatic heterocycles. The van der Waals surface area contributed by atoms with E-state index < -0.39 is 0 Å². The summed E-state index contributed by atoms with van der Waals surface area (Å²) >= 11 is 3.55. The van der Waals surface area contributed by atoms with Crippen LogP contribution in [0.1, 0.15) is 30.5 Å². The first-order chi connectivity index (χ1) is 13.7. The normalized spacial score (nSPS) is 20.0. The van der Waals surface area contributed by atoms with Crippen LogP contribution in [0.4, 0.5) is 4.39 Å². The van der Waals surface area contributed by atoms with E-state index in [-0.39, 0.29) is 30.4 Å². The highest BCUT2D eigenvalue weighted by Gasteiger charge is 2.32. The largest absolute Gasteiger partial charge is 0.484 e. The summed E-state index contributed by atoms with van der Waals surface area (Å²) in [6.07, 6.45) is 0. The van der Waals surface area contributed by atoms with E-state index in [1.54, 1.807) is 0 Å². The Morgan fingerprint density at radius 2 is 1.72 bits per heavy atom. The molecule has 0 unspecified atom stereocenters. The van der Waals surface area contributed by atoms with Gasteiger partial charge in [-0.15, -0.1) is 0 Å². The molecule has 29 heavy (non-hydrogen) atoms. The summed E-state index contributed by atoms with van der Waals surface area (Å²) in [5, 5.41) is 0. The molecule has 0 aliphatic carbocycles. The van der Waals surface area contributed by atoms with Gasteiger partial charge in [-0.3, -0.25) is 9.69 Å². The molecule has 0 N–H and O–H groups in total. The van der Waals surface area contributed by atoms with Crippen LogP contribution in [0.3, 0.4) is 0 Å². The minimum atomic E-state index is -0.221. The molecule has 2 atom stereocenters. The minimum Gasteiger partial charge on any atom is -0.484 e. The Labute approximate surface area is 180 Å². The molecule has 1 fully saturated rings. The Kier molecular flexibility index (Phi) is 6.96. The monoisotopic (exact) mass is 462 g/mol. The predicted octanol–water partition coefficient (Wildman–Crippen LogP) is 4.71. The zero-order chi connectivity index (χ0) is 21.1. The first kappa shape index (κ1) is 21.8. The number of carbonyl (C=O) groups is 1. The number of halogens is 2. The van der Waals surface area contributed by atoms with Crippen LogP contribution < -0.4 is 4.74 Å². The van der Waals surface area contributed by atoms with E-state index in [0.29, 0.717) is 12.3 Å². The van der Waals surface area contributed by atoms with E-state index >= 15 is 0 Å². The number of piperazine rings is 1. The molecule has 0 bridgehead atoms. The van der Waals surface area contributed by atoms with Crippen molar-refractivity contribution in [3.05, 3.63) is 63.4 Å². The summed E-state index contributed by atoms with van der Waals surface area (Å²) in [7, 11) is 0. The zero-order valence-corrected chi connectivity index (χ0v) is 19.0. The molecule has 0 saturated carbocycles. The average molecular weight is 463 g/mol. The second-order valence-electron chi connectivity index (χ2n) is 7.96. The fourth-order valence-electron chi connectivity index (χ4n) is 3.81. The number of nitrogens with zero attached hydrogens (tertiary/aromatic N) is 2. The fourth-order valence-corrected chi connectivity index (χ4v) is 4.04. The maximum absolute atomic E-state index is 13.1. The third-order valence-corrected chi connectivity index (χ3v) is 6.76. The van der Waals surface area contributed by atoms with Gasteiger partial charge in [0.25, 0.3) is 5.91 Å². The lowest BCUT2D eigenvalue weighted by Crippen LogP contribution is -2.58. The summed E-state index contributed by atoms with van der Waals surface area (Å²) in [6.45, 7) is 10.4. The molecule has 2 aromatic carbocycles. The van der Waals surface area contributed by atoms with Crippen molar-refractivity contribution >= 4 is 21.8 Å². The maximum Gasteiger partial charge on any atom is 0.260 e. The number of amides is 1. The SMILES string of the molecule is Cc1cc(OCC(=O)N2C[C@H](C)N(Cc3ccc(F)cc3)C[C@H]2C)cc(C)c1Br. The number of aryl methyl sites for hydroxylation is 2. The van der Waals surface area contributed by atoms with E-state index in [2.05, 4.69) is 34.7 Å². The summed E-state index contributed by atoms with van der Waals surface area (Å²) < 4.78 is 20.0. The van der Waals surface area contributed by atoms with Gasteiger partial charge in [-0.05, 0) is 68.7 Å². The standard InChI is InChI=1S/C23H28BrFN2O2/c1-15-9-21(10-16(2)23(15)24)29-14-22(28)27-12-17(3)26(11-18(27)4)13-19-5-7-20(25)8-6-19/h5-10,17-18H,11-14H2,1-4H3/t17-,18+/m0/s1. The predicted molar refractivity (Wildman–Crippen MR) is 117 cm³/mol. The lowest BCUT2D eigenvalue weighted by Gasteiger charge is -2.44. The van der Waals surface area contributed by atoms with Crippen molar-refractivity contribution in [1.29, 1.82) is 0 Å². The molecule has 4 nitrogen and oxygen atoms in total. The molecule has 6 heteroatoms. The Morgan fingerprint density at radius 3 is 2.34 bits per heavy atom.